The fourth-order valence-corrected chi connectivity index (χ4v) is 5.67. The Balaban J connectivity index is 2.24. The Kier molecular flexibility index (Phi) is 3.91. The van der Waals surface area contributed by atoms with Gasteiger partial charge in [-0.1, -0.05) is 25.1 Å². The Morgan fingerprint density at radius 3 is 3.07 bits per heavy atom. The summed E-state index contributed by atoms with van der Waals surface area (Å²) in [6, 6.07) is 9.83. The van der Waals surface area contributed by atoms with Gasteiger partial charge in [0.15, 0.2) is 14.3 Å². The molecule has 0 bridgehead atoms. The molecule has 1 aromatic carbocycles. The number of rotatable bonds is 3. The van der Waals surface area contributed by atoms with Crippen molar-refractivity contribution in [1.29, 1.82) is 0 Å². The molecule has 1 aromatic heterocycles. The summed E-state index contributed by atoms with van der Waals surface area (Å²) >= 11 is 0. The van der Waals surface area contributed by atoms with Gasteiger partial charge in [0, 0.05) is 14.7 Å². The van der Waals surface area contributed by atoms with Crippen LogP contribution < -0.4 is 4.84 Å². The second-order valence-corrected chi connectivity index (χ2v) is 7.36. The van der Waals surface area contributed by atoms with E-state index in [1.54, 1.807) is 0 Å². The lowest BCUT2D eigenvalue weighted by molar-refractivity contribution is 0.274. The van der Waals surface area contributed by atoms with E-state index in [2.05, 4.69) is 15.9 Å². The Bertz CT molecular complexity index is 440. The summed E-state index contributed by atoms with van der Waals surface area (Å²) in [4.78, 5) is 5.76. The highest BCUT2D eigenvalue weighted by atomic mass is 31.2. The van der Waals surface area contributed by atoms with Gasteiger partial charge >= 0.3 is 0 Å². The second kappa shape index (κ2) is 5.42. The predicted molar refractivity (Wildman–Crippen MR) is 67.1 cm³/mol. The predicted octanol–water partition coefficient (Wildman–Crippen LogP) is 3.80. The average molecular weight is 259 g/mol. The Labute approximate surface area is 92.6 Å². The van der Waals surface area contributed by atoms with Crippen LogP contribution >= 0.6 is 24.9 Å². The van der Waals surface area contributed by atoms with Gasteiger partial charge < -0.3 is 9.35 Å². The van der Waals surface area contributed by atoms with Crippen LogP contribution in [0.5, 0.6) is 5.75 Å². The third-order valence-corrected chi connectivity index (χ3v) is 6.19. The summed E-state index contributed by atoms with van der Waals surface area (Å²) in [6.45, 7) is 2.16. The maximum atomic E-state index is 5.76. The summed E-state index contributed by atoms with van der Waals surface area (Å²) < 4.78 is 9.54. The quantitative estimate of drug-likeness (QED) is 0.910. The minimum atomic E-state index is -0.389. The van der Waals surface area contributed by atoms with Crippen molar-refractivity contribution in [2.24, 2.45) is 0 Å². The van der Waals surface area contributed by atoms with E-state index >= 15 is 0 Å². The van der Waals surface area contributed by atoms with Gasteiger partial charge in [0.2, 0.25) is 0 Å². The third kappa shape index (κ3) is 2.89. The molecule has 0 aliphatic carbocycles. The zero-order chi connectivity index (χ0) is 10.5. The van der Waals surface area contributed by atoms with Crippen LogP contribution in [-0.4, -0.2) is 13.3 Å². The molecule has 2 aromatic rings. The van der Waals surface area contributed by atoms with Crippen molar-refractivity contribution in [2.75, 3.05) is 0 Å². The maximum Gasteiger partial charge on any atom is 0.182 e. The van der Waals surface area contributed by atoms with E-state index in [1.807, 2.05) is 34.6 Å². The van der Waals surface area contributed by atoms with Gasteiger partial charge in [-0.15, -0.1) is 4.26 Å². The molecule has 1 N–H and O–H groups in total. The van der Waals surface area contributed by atoms with Crippen molar-refractivity contribution in [3.63, 3.8) is 0 Å². The van der Waals surface area contributed by atoms with E-state index in [-0.39, 0.29) is 7.85 Å². The lowest BCUT2D eigenvalue weighted by atomic mass is 10.3. The molecule has 4 nitrogen and oxygen atoms in total. The minimum Gasteiger partial charge on any atom is -0.366 e. The fourth-order valence-electron chi connectivity index (χ4n) is 1.07. The highest BCUT2D eigenvalue weighted by Crippen LogP contribution is 2.29. The zero-order valence-corrected chi connectivity index (χ0v) is 11.1. The molecule has 0 saturated heterocycles. The number of nitrogens with zero attached hydrogens (tertiary/aromatic N) is 2. The van der Waals surface area contributed by atoms with Gasteiger partial charge in [0.1, 0.15) is 0 Å². The Morgan fingerprint density at radius 1 is 1.53 bits per heavy atom. The van der Waals surface area contributed by atoms with Gasteiger partial charge in [-0.2, -0.15) is 4.51 Å². The van der Waals surface area contributed by atoms with Crippen molar-refractivity contribution in [2.45, 2.75) is 13.1 Å². The Hall–Kier alpha value is -0.680. The first kappa shape index (κ1) is 10.8. The summed E-state index contributed by atoms with van der Waals surface area (Å²) in [5.74, 6) is 0.869. The van der Waals surface area contributed by atoms with Gasteiger partial charge in [-0.05, 0) is 12.1 Å². The normalized spacial score (nSPS) is 12.2. The van der Waals surface area contributed by atoms with Crippen LogP contribution in [0.4, 0.5) is 0 Å². The number of aromatic amines is 1. The van der Waals surface area contributed by atoms with Crippen molar-refractivity contribution < 1.29 is 4.84 Å². The van der Waals surface area contributed by atoms with Gasteiger partial charge in [-0.25, -0.2) is 0 Å². The lowest BCUT2D eigenvalue weighted by Crippen LogP contribution is -2.00. The molecule has 0 aliphatic heterocycles. The Morgan fingerprint density at radius 2 is 2.33 bits per heavy atom. The molecule has 2 atom stereocenters. The van der Waals surface area contributed by atoms with Crippen LogP contribution in [0.25, 0.3) is 0 Å². The average Bonchev–Trinajstić information content (AvgIpc) is 2.31. The van der Waals surface area contributed by atoms with Crippen LogP contribution in [0.15, 0.2) is 30.3 Å². The van der Waals surface area contributed by atoms with E-state index in [4.69, 9.17) is 4.84 Å². The van der Waals surface area contributed by atoms with E-state index in [0.717, 1.165) is 20.4 Å². The number of aryl methyl sites for hydroxylation is 1. The molecular formula is C8H12N3OP3. The van der Waals surface area contributed by atoms with Gasteiger partial charge in [0.25, 0.3) is 0 Å². The van der Waals surface area contributed by atoms with Crippen LogP contribution in [0.2, 0.25) is 0 Å². The molecular weight excluding hydrogens is 247 g/mol. The minimum absolute atomic E-state index is 0.389. The smallest absolute Gasteiger partial charge is 0.182 e. The summed E-state index contributed by atoms with van der Waals surface area (Å²) in [5, 5.41) is 0. The second-order valence-electron chi connectivity index (χ2n) is 2.79. The molecule has 2 rings (SSSR count). The molecule has 0 aliphatic rings. The molecule has 0 fully saturated rings. The number of nitrogens with one attached hydrogen (secondary N) is 1. The number of hydrogen-bond donors (Lipinski definition) is 1. The maximum absolute atomic E-state index is 5.76. The molecule has 15 heavy (non-hydrogen) atoms. The molecule has 80 valence electrons. The highest BCUT2D eigenvalue weighted by molar-refractivity contribution is 7.53. The highest BCUT2D eigenvalue weighted by Gasteiger charge is 1.99. The van der Waals surface area contributed by atoms with Crippen molar-refractivity contribution >= 4 is 24.9 Å². The topological polar surface area (TPSA) is 42.8 Å². The molecule has 0 radical (unpaired) electrons. The summed E-state index contributed by atoms with van der Waals surface area (Å²) in [5.41, 5.74) is 0. The fraction of sp³-hybridized carbons (Fsp3) is 0.250. The number of para-hydroxylation sites is 1. The molecule has 1 heterocycles. The van der Waals surface area contributed by atoms with Crippen LogP contribution in [0.1, 0.15) is 6.92 Å². The standard InChI is InChI=1S/C8H12N3OP3/c1-2-15-10-13-9-14-11(15)12-8-6-4-3-5-7-8/h3-7,10,13H,2H2,1H3. The number of H-pyrrole nitrogens is 1. The first-order chi connectivity index (χ1) is 7.40. The van der Waals surface area contributed by atoms with Crippen molar-refractivity contribution in [3.8, 4) is 5.75 Å². The molecule has 0 amide bonds. The molecule has 2 unspecified atom stereocenters. The first-order valence-corrected chi connectivity index (χ1v) is 7.84. The summed E-state index contributed by atoms with van der Waals surface area (Å²) in [6.07, 6.45) is 1.07. The largest absolute Gasteiger partial charge is 0.366 e. The van der Waals surface area contributed by atoms with E-state index < -0.39 is 0 Å². The van der Waals surface area contributed by atoms with Crippen LogP contribution in [0.3, 0.4) is 0 Å². The number of hydrogen-bond acceptors (Lipinski definition) is 2. The van der Waals surface area contributed by atoms with E-state index in [9.17, 15) is 0 Å². The SMILES string of the molecule is CCp1[nH][pH]npn1Oc1ccccc1. The van der Waals surface area contributed by atoms with Gasteiger partial charge in [0.05, 0.1) is 7.85 Å². The van der Waals surface area contributed by atoms with E-state index in [1.165, 1.54) is 0 Å². The molecule has 7 heteroatoms. The zero-order valence-electron chi connectivity index (χ0n) is 8.29. The lowest BCUT2D eigenvalue weighted by Gasteiger charge is -2.10. The van der Waals surface area contributed by atoms with E-state index in [0.29, 0.717) is 8.51 Å². The monoisotopic (exact) mass is 259 g/mol. The van der Waals surface area contributed by atoms with Crippen molar-refractivity contribution in [1.82, 2.24) is 13.3 Å². The van der Waals surface area contributed by atoms with Crippen LogP contribution in [0, 0.1) is 0 Å². The van der Waals surface area contributed by atoms with Crippen LogP contribution in [-0.2, 0) is 6.16 Å². The summed E-state index contributed by atoms with van der Waals surface area (Å²) in [7, 11) is 1.03. The molecule has 0 saturated carbocycles. The third-order valence-electron chi connectivity index (χ3n) is 1.79. The van der Waals surface area contributed by atoms with Crippen molar-refractivity contribution in [3.05, 3.63) is 30.3 Å². The molecule has 0 spiro atoms. The number of benzene rings is 1. The number of aromatic nitrogens is 3. The van der Waals surface area contributed by atoms with Gasteiger partial charge in [-0.3, -0.25) is 0 Å². The first-order valence-electron chi connectivity index (χ1n) is 4.62.